The molecule has 1 N–H and O–H groups in total. The Hall–Kier alpha value is -2.82. The highest BCUT2D eigenvalue weighted by Gasteiger charge is 2.21. The van der Waals surface area contributed by atoms with Crippen LogP contribution in [0, 0.1) is 10.1 Å². The zero-order valence-corrected chi connectivity index (χ0v) is 18.2. The quantitative estimate of drug-likeness (QED) is 0.478. The maximum absolute atomic E-state index is 12.5. The SMILES string of the molecule is CC(c1cccc([N+](=O)[O-])c1)N(C)CC(=O)NCc1ccccc1S(=O)(=O)N(C)C. The van der Waals surface area contributed by atoms with E-state index in [0.717, 1.165) is 9.87 Å². The van der Waals surface area contributed by atoms with E-state index in [1.807, 2.05) is 6.92 Å². The van der Waals surface area contributed by atoms with Gasteiger partial charge in [0.05, 0.1) is 16.4 Å². The van der Waals surface area contributed by atoms with Crippen LogP contribution < -0.4 is 5.32 Å². The lowest BCUT2D eigenvalue weighted by Gasteiger charge is -2.24. The molecular weight excluding hydrogens is 408 g/mol. The summed E-state index contributed by atoms with van der Waals surface area (Å²) in [6.45, 7) is 1.97. The molecule has 0 heterocycles. The van der Waals surface area contributed by atoms with Gasteiger partial charge in [-0.3, -0.25) is 19.8 Å². The molecule has 0 saturated carbocycles. The summed E-state index contributed by atoms with van der Waals surface area (Å²) in [5.74, 6) is -0.285. The summed E-state index contributed by atoms with van der Waals surface area (Å²) in [5, 5.41) is 13.7. The van der Waals surface area contributed by atoms with Crippen LogP contribution in [0.2, 0.25) is 0 Å². The molecule has 2 rings (SSSR count). The summed E-state index contributed by atoms with van der Waals surface area (Å²) in [4.78, 5) is 24.8. The lowest BCUT2D eigenvalue weighted by molar-refractivity contribution is -0.384. The summed E-state index contributed by atoms with van der Waals surface area (Å²) in [7, 11) is 1.03. The highest BCUT2D eigenvalue weighted by molar-refractivity contribution is 7.89. The van der Waals surface area contributed by atoms with E-state index >= 15 is 0 Å². The number of nitrogens with zero attached hydrogens (tertiary/aromatic N) is 3. The van der Waals surface area contributed by atoms with Crippen LogP contribution in [0.1, 0.15) is 24.1 Å². The Bertz CT molecular complexity index is 1020. The maximum atomic E-state index is 12.5. The van der Waals surface area contributed by atoms with Crippen molar-refractivity contribution < 1.29 is 18.1 Å². The monoisotopic (exact) mass is 434 g/mol. The molecule has 0 aromatic heterocycles. The van der Waals surface area contributed by atoms with Crippen molar-refractivity contribution in [3.05, 3.63) is 69.8 Å². The molecule has 0 radical (unpaired) electrons. The van der Waals surface area contributed by atoms with Crippen LogP contribution in [-0.4, -0.2) is 56.1 Å². The molecule has 0 aliphatic heterocycles. The molecule has 0 aliphatic carbocycles. The number of carbonyl (C=O) groups is 1. The van der Waals surface area contributed by atoms with Crippen LogP contribution in [0.3, 0.4) is 0 Å². The van der Waals surface area contributed by atoms with E-state index < -0.39 is 14.9 Å². The Balaban J connectivity index is 2.03. The molecular formula is C20H26N4O5S. The molecule has 162 valence electrons. The van der Waals surface area contributed by atoms with Crippen molar-refractivity contribution in [1.82, 2.24) is 14.5 Å². The van der Waals surface area contributed by atoms with Gasteiger partial charge in [0.25, 0.3) is 5.69 Å². The average molecular weight is 435 g/mol. The Morgan fingerprint density at radius 3 is 2.43 bits per heavy atom. The molecule has 1 unspecified atom stereocenters. The first kappa shape index (κ1) is 23.5. The van der Waals surface area contributed by atoms with E-state index in [9.17, 15) is 23.3 Å². The third-order valence-corrected chi connectivity index (χ3v) is 6.74. The van der Waals surface area contributed by atoms with Gasteiger partial charge in [-0.25, -0.2) is 12.7 Å². The number of non-ortho nitro benzene ring substituents is 1. The Morgan fingerprint density at radius 2 is 1.80 bits per heavy atom. The summed E-state index contributed by atoms with van der Waals surface area (Å²) < 4.78 is 26.0. The van der Waals surface area contributed by atoms with Crippen LogP contribution in [0.4, 0.5) is 5.69 Å². The molecule has 2 aromatic carbocycles. The van der Waals surface area contributed by atoms with Gasteiger partial charge in [0.1, 0.15) is 0 Å². The van der Waals surface area contributed by atoms with Gasteiger partial charge >= 0.3 is 0 Å². The summed E-state index contributed by atoms with van der Waals surface area (Å²) in [5.41, 5.74) is 1.21. The lowest BCUT2D eigenvalue weighted by atomic mass is 10.1. The second kappa shape index (κ2) is 9.79. The first-order valence-corrected chi connectivity index (χ1v) is 10.7. The maximum Gasteiger partial charge on any atom is 0.269 e. The second-order valence-corrected chi connectivity index (χ2v) is 9.24. The normalized spacial score (nSPS) is 12.7. The minimum Gasteiger partial charge on any atom is -0.351 e. The number of nitrogens with one attached hydrogen (secondary N) is 1. The van der Waals surface area contributed by atoms with Gasteiger partial charge in [-0.1, -0.05) is 30.3 Å². The van der Waals surface area contributed by atoms with Crippen LogP contribution in [-0.2, 0) is 21.4 Å². The van der Waals surface area contributed by atoms with Gasteiger partial charge in [0, 0.05) is 38.8 Å². The van der Waals surface area contributed by atoms with E-state index in [1.54, 1.807) is 42.3 Å². The number of hydrogen-bond acceptors (Lipinski definition) is 6. The standard InChI is InChI=1S/C20H26N4O5S/c1-15(16-9-7-10-18(12-16)24(26)27)23(4)14-20(25)21-13-17-8-5-6-11-19(17)30(28,29)22(2)3/h5-12,15H,13-14H2,1-4H3,(H,21,25). The van der Waals surface area contributed by atoms with E-state index in [2.05, 4.69) is 5.32 Å². The Kier molecular flexibility index (Phi) is 7.65. The molecule has 1 amide bonds. The third kappa shape index (κ3) is 5.62. The van der Waals surface area contributed by atoms with Gasteiger partial charge in [-0.15, -0.1) is 0 Å². The fourth-order valence-electron chi connectivity index (χ4n) is 2.86. The van der Waals surface area contributed by atoms with Crippen molar-refractivity contribution in [1.29, 1.82) is 0 Å². The minimum atomic E-state index is -3.62. The van der Waals surface area contributed by atoms with Crippen molar-refractivity contribution in [3.8, 4) is 0 Å². The molecule has 0 aliphatic rings. The van der Waals surface area contributed by atoms with E-state index in [-0.39, 0.29) is 35.6 Å². The number of rotatable bonds is 9. The summed E-state index contributed by atoms with van der Waals surface area (Å²) in [6, 6.07) is 12.6. The van der Waals surface area contributed by atoms with E-state index in [0.29, 0.717) is 5.56 Å². The van der Waals surface area contributed by atoms with E-state index in [1.165, 1.54) is 32.3 Å². The molecule has 0 saturated heterocycles. The summed E-state index contributed by atoms with van der Waals surface area (Å²) >= 11 is 0. The fourth-order valence-corrected chi connectivity index (χ4v) is 3.98. The smallest absolute Gasteiger partial charge is 0.269 e. The first-order chi connectivity index (χ1) is 14.0. The zero-order valence-electron chi connectivity index (χ0n) is 17.4. The van der Waals surface area contributed by atoms with Crippen molar-refractivity contribution in [2.75, 3.05) is 27.7 Å². The predicted molar refractivity (Wildman–Crippen MR) is 113 cm³/mol. The van der Waals surface area contributed by atoms with Gasteiger partial charge < -0.3 is 5.32 Å². The molecule has 30 heavy (non-hydrogen) atoms. The Morgan fingerprint density at radius 1 is 1.13 bits per heavy atom. The molecule has 9 nitrogen and oxygen atoms in total. The van der Waals surface area contributed by atoms with E-state index in [4.69, 9.17) is 0 Å². The lowest BCUT2D eigenvalue weighted by Crippen LogP contribution is -2.36. The number of amides is 1. The second-order valence-electron chi connectivity index (χ2n) is 7.12. The fraction of sp³-hybridized carbons (Fsp3) is 0.350. The molecule has 2 aromatic rings. The van der Waals surface area contributed by atoms with Gasteiger partial charge in [0.2, 0.25) is 15.9 Å². The van der Waals surface area contributed by atoms with Crippen LogP contribution in [0.15, 0.2) is 53.4 Å². The van der Waals surface area contributed by atoms with Gasteiger partial charge in [-0.05, 0) is 31.2 Å². The molecule has 0 bridgehead atoms. The van der Waals surface area contributed by atoms with Gasteiger partial charge in [0.15, 0.2) is 0 Å². The molecule has 0 spiro atoms. The van der Waals surface area contributed by atoms with Crippen LogP contribution in [0.25, 0.3) is 0 Å². The predicted octanol–water partition coefficient (Wildman–Crippen LogP) is 2.15. The number of nitro groups is 1. The highest BCUT2D eigenvalue weighted by atomic mass is 32.2. The minimum absolute atomic E-state index is 0.00379. The number of hydrogen-bond donors (Lipinski definition) is 1. The van der Waals surface area contributed by atoms with Crippen LogP contribution in [0.5, 0.6) is 0 Å². The molecule has 0 fully saturated rings. The first-order valence-electron chi connectivity index (χ1n) is 9.25. The average Bonchev–Trinajstić information content (AvgIpc) is 2.71. The number of likely N-dealkylation sites (N-methyl/N-ethyl adjacent to an activating group) is 1. The third-order valence-electron chi connectivity index (χ3n) is 4.82. The van der Waals surface area contributed by atoms with Crippen molar-refractivity contribution in [2.45, 2.75) is 24.4 Å². The van der Waals surface area contributed by atoms with Crippen molar-refractivity contribution in [2.24, 2.45) is 0 Å². The van der Waals surface area contributed by atoms with Crippen molar-refractivity contribution in [3.63, 3.8) is 0 Å². The largest absolute Gasteiger partial charge is 0.351 e. The number of nitro benzene ring substituents is 1. The molecule has 1 atom stereocenters. The van der Waals surface area contributed by atoms with Gasteiger partial charge in [-0.2, -0.15) is 0 Å². The number of sulfonamides is 1. The zero-order chi connectivity index (χ0) is 22.5. The highest BCUT2D eigenvalue weighted by Crippen LogP contribution is 2.23. The number of carbonyl (C=O) groups excluding carboxylic acids is 1. The summed E-state index contributed by atoms with van der Waals surface area (Å²) in [6.07, 6.45) is 0. The molecule has 10 heteroatoms. The van der Waals surface area contributed by atoms with Crippen LogP contribution >= 0.6 is 0 Å². The van der Waals surface area contributed by atoms with Crippen molar-refractivity contribution >= 4 is 21.6 Å². The number of benzene rings is 2. The topological polar surface area (TPSA) is 113 Å². The Labute approximate surface area is 176 Å².